The number of aromatic nitrogens is 1. The Balaban J connectivity index is 1.50. The zero-order valence-corrected chi connectivity index (χ0v) is 18.0. The molecular formula is C23H27N3O5. The fourth-order valence-corrected chi connectivity index (χ4v) is 4.75. The number of carbonyl (C=O) groups excluding carboxylic acids is 2. The lowest BCUT2D eigenvalue weighted by molar-refractivity contribution is 0.0548. The second kappa shape index (κ2) is 8.83. The number of amides is 2. The van der Waals surface area contributed by atoms with Gasteiger partial charge in [-0.25, -0.2) is 0 Å². The summed E-state index contributed by atoms with van der Waals surface area (Å²) in [6.07, 6.45) is 6.56. The Morgan fingerprint density at radius 3 is 2.03 bits per heavy atom. The summed E-state index contributed by atoms with van der Waals surface area (Å²) in [7, 11) is 4.60. The molecule has 3 heterocycles. The zero-order valence-electron chi connectivity index (χ0n) is 18.0. The van der Waals surface area contributed by atoms with Gasteiger partial charge < -0.3 is 24.4 Å². The van der Waals surface area contributed by atoms with Gasteiger partial charge >= 0.3 is 0 Å². The number of nitrogens with zero attached hydrogens (tertiary/aromatic N) is 2. The lowest BCUT2D eigenvalue weighted by Crippen LogP contribution is -2.52. The van der Waals surface area contributed by atoms with Crippen molar-refractivity contribution >= 4 is 11.8 Å². The first-order chi connectivity index (χ1) is 15.0. The van der Waals surface area contributed by atoms with Gasteiger partial charge in [-0.1, -0.05) is 0 Å². The van der Waals surface area contributed by atoms with Gasteiger partial charge in [-0.2, -0.15) is 0 Å². The highest BCUT2D eigenvalue weighted by atomic mass is 16.5. The molecule has 2 bridgehead atoms. The van der Waals surface area contributed by atoms with Crippen molar-refractivity contribution in [3.05, 3.63) is 47.8 Å². The van der Waals surface area contributed by atoms with Crippen LogP contribution < -0.4 is 19.5 Å². The molecular weight excluding hydrogens is 398 g/mol. The Bertz CT molecular complexity index is 926. The first-order valence-corrected chi connectivity index (χ1v) is 10.4. The quantitative estimate of drug-likeness (QED) is 0.765. The first-order valence-electron chi connectivity index (χ1n) is 10.4. The number of fused-ring (bicyclic) bond motifs is 2. The smallest absolute Gasteiger partial charge is 0.254 e. The van der Waals surface area contributed by atoms with Crippen LogP contribution in [-0.4, -0.2) is 61.2 Å². The summed E-state index contributed by atoms with van der Waals surface area (Å²) >= 11 is 0. The largest absolute Gasteiger partial charge is 0.493 e. The van der Waals surface area contributed by atoms with E-state index in [4.69, 9.17) is 14.2 Å². The maximum absolute atomic E-state index is 13.4. The number of methoxy groups -OCH3 is 3. The summed E-state index contributed by atoms with van der Waals surface area (Å²) in [5.74, 6) is 1.22. The van der Waals surface area contributed by atoms with Crippen LogP contribution in [0.3, 0.4) is 0 Å². The molecule has 0 saturated carbocycles. The molecule has 0 spiro atoms. The lowest BCUT2D eigenvalue weighted by Gasteiger charge is -2.39. The van der Waals surface area contributed by atoms with Crippen molar-refractivity contribution in [3.8, 4) is 17.2 Å². The van der Waals surface area contributed by atoms with Crippen LogP contribution >= 0.6 is 0 Å². The molecule has 2 aliphatic rings. The number of benzene rings is 1. The van der Waals surface area contributed by atoms with Crippen LogP contribution in [0.2, 0.25) is 0 Å². The molecule has 31 heavy (non-hydrogen) atoms. The van der Waals surface area contributed by atoms with E-state index in [2.05, 4.69) is 10.3 Å². The molecule has 2 aliphatic heterocycles. The highest BCUT2D eigenvalue weighted by Gasteiger charge is 2.44. The number of hydrogen-bond acceptors (Lipinski definition) is 6. The molecule has 8 heteroatoms. The van der Waals surface area contributed by atoms with Crippen molar-refractivity contribution < 1.29 is 23.8 Å². The lowest BCUT2D eigenvalue weighted by atomic mass is 9.95. The predicted molar refractivity (Wildman–Crippen MR) is 114 cm³/mol. The summed E-state index contributed by atoms with van der Waals surface area (Å²) in [5.41, 5.74) is 1.10. The van der Waals surface area contributed by atoms with E-state index in [0.717, 1.165) is 25.7 Å². The number of hydrogen-bond donors (Lipinski definition) is 1. The van der Waals surface area contributed by atoms with Crippen LogP contribution in [0.25, 0.3) is 0 Å². The Kier molecular flexibility index (Phi) is 5.97. The average Bonchev–Trinajstić information content (AvgIpc) is 3.07. The Morgan fingerprint density at radius 1 is 0.935 bits per heavy atom. The standard InChI is InChI=1S/C23H27N3O5/c1-29-19-10-15(11-20(30-2)21(19)31-3)23(28)26-17-4-5-18(26)13-16(12-17)25-22(27)14-6-8-24-9-7-14/h6-11,16-18H,4-5,12-13H2,1-3H3,(H,25,27)/t16?,17-,18+. The molecule has 2 amide bonds. The van der Waals surface area contributed by atoms with Crippen molar-refractivity contribution in [2.45, 2.75) is 43.8 Å². The number of ether oxygens (including phenoxy) is 3. The van der Waals surface area contributed by atoms with Crippen molar-refractivity contribution in [1.82, 2.24) is 15.2 Å². The summed E-state index contributed by atoms with van der Waals surface area (Å²) in [5, 5.41) is 3.13. The molecule has 1 unspecified atom stereocenters. The van der Waals surface area contributed by atoms with E-state index in [-0.39, 0.29) is 29.9 Å². The SMILES string of the molecule is COc1cc(C(=O)N2[C@@H]3CC[C@H]2CC(NC(=O)c2ccncc2)C3)cc(OC)c1OC. The molecule has 2 fully saturated rings. The normalized spacial score (nSPS) is 22.0. The van der Waals surface area contributed by atoms with Crippen LogP contribution in [0.15, 0.2) is 36.7 Å². The number of piperidine rings is 1. The first kappa shape index (κ1) is 21.0. The van der Waals surface area contributed by atoms with Gasteiger partial charge in [0.15, 0.2) is 11.5 Å². The minimum Gasteiger partial charge on any atom is -0.493 e. The Morgan fingerprint density at radius 2 is 1.52 bits per heavy atom. The minimum atomic E-state index is -0.101. The van der Waals surface area contributed by atoms with Gasteiger partial charge in [-0.05, 0) is 49.9 Å². The number of nitrogens with one attached hydrogen (secondary N) is 1. The molecule has 1 aromatic carbocycles. The molecule has 1 N–H and O–H groups in total. The summed E-state index contributed by atoms with van der Waals surface area (Å²) in [6.45, 7) is 0. The van der Waals surface area contributed by atoms with E-state index in [1.54, 1.807) is 36.7 Å². The third-order valence-corrected chi connectivity index (χ3v) is 6.16. The third-order valence-electron chi connectivity index (χ3n) is 6.16. The molecule has 3 atom stereocenters. The monoisotopic (exact) mass is 425 g/mol. The summed E-state index contributed by atoms with van der Waals surface area (Å²) in [6, 6.07) is 7.02. The van der Waals surface area contributed by atoms with Gasteiger partial charge in [0.2, 0.25) is 5.75 Å². The molecule has 2 aromatic rings. The van der Waals surface area contributed by atoms with Crippen molar-refractivity contribution in [2.75, 3.05) is 21.3 Å². The highest BCUT2D eigenvalue weighted by Crippen LogP contribution is 2.41. The molecule has 0 aliphatic carbocycles. The number of carbonyl (C=O) groups is 2. The van der Waals surface area contributed by atoms with Gasteiger partial charge in [0.05, 0.1) is 21.3 Å². The van der Waals surface area contributed by atoms with Crippen molar-refractivity contribution in [3.63, 3.8) is 0 Å². The molecule has 164 valence electrons. The number of pyridine rings is 1. The van der Waals surface area contributed by atoms with Crippen LogP contribution in [0.4, 0.5) is 0 Å². The van der Waals surface area contributed by atoms with Crippen LogP contribution in [0.5, 0.6) is 17.2 Å². The molecule has 4 rings (SSSR count). The van der Waals surface area contributed by atoms with Crippen molar-refractivity contribution in [1.29, 1.82) is 0 Å². The highest BCUT2D eigenvalue weighted by molar-refractivity contribution is 5.96. The molecule has 1 aromatic heterocycles. The topological polar surface area (TPSA) is 90.0 Å². The van der Waals surface area contributed by atoms with Gasteiger partial charge in [0, 0.05) is 41.6 Å². The van der Waals surface area contributed by atoms with Crippen LogP contribution in [0.1, 0.15) is 46.4 Å². The van der Waals surface area contributed by atoms with E-state index < -0.39 is 0 Å². The van der Waals surface area contributed by atoms with Crippen LogP contribution in [0, 0.1) is 0 Å². The fourth-order valence-electron chi connectivity index (χ4n) is 4.75. The summed E-state index contributed by atoms with van der Waals surface area (Å²) in [4.78, 5) is 31.9. The molecule has 0 radical (unpaired) electrons. The van der Waals surface area contributed by atoms with Gasteiger partial charge in [0.1, 0.15) is 0 Å². The van der Waals surface area contributed by atoms with Crippen molar-refractivity contribution in [2.24, 2.45) is 0 Å². The molecule has 8 nitrogen and oxygen atoms in total. The van der Waals surface area contributed by atoms with E-state index >= 15 is 0 Å². The Labute approximate surface area is 181 Å². The summed E-state index contributed by atoms with van der Waals surface area (Å²) < 4.78 is 16.2. The van der Waals surface area contributed by atoms with E-state index in [1.165, 1.54) is 21.3 Å². The fraction of sp³-hybridized carbons (Fsp3) is 0.435. The van der Waals surface area contributed by atoms with Gasteiger partial charge in [0.25, 0.3) is 11.8 Å². The van der Waals surface area contributed by atoms with Crippen LogP contribution in [-0.2, 0) is 0 Å². The Hall–Kier alpha value is -3.29. The number of rotatable bonds is 6. The van der Waals surface area contributed by atoms with E-state index in [9.17, 15) is 9.59 Å². The average molecular weight is 425 g/mol. The maximum atomic E-state index is 13.4. The van der Waals surface area contributed by atoms with E-state index in [1.807, 2.05) is 4.90 Å². The van der Waals surface area contributed by atoms with Gasteiger partial charge in [-0.3, -0.25) is 14.6 Å². The minimum absolute atomic E-state index is 0.0437. The predicted octanol–water partition coefficient (Wildman–Crippen LogP) is 2.67. The van der Waals surface area contributed by atoms with Gasteiger partial charge in [-0.15, -0.1) is 0 Å². The second-order valence-corrected chi connectivity index (χ2v) is 7.89. The second-order valence-electron chi connectivity index (χ2n) is 7.89. The zero-order chi connectivity index (χ0) is 22.0. The van der Waals surface area contributed by atoms with E-state index in [0.29, 0.717) is 28.4 Å². The maximum Gasteiger partial charge on any atom is 0.254 e. The molecule has 2 saturated heterocycles. The third kappa shape index (κ3) is 4.02.